The van der Waals surface area contributed by atoms with Crippen LogP contribution in [0, 0.1) is 6.92 Å². The van der Waals surface area contributed by atoms with E-state index < -0.39 is 0 Å². The second-order valence-corrected chi connectivity index (χ2v) is 8.29. The minimum Gasteiger partial charge on any atom is -0.354 e. The fraction of sp³-hybridized carbons (Fsp3) is 0.579. The van der Waals surface area contributed by atoms with Gasteiger partial charge in [0.25, 0.3) is 0 Å². The van der Waals surface area contributed by atoms with Gasteiger partial charge in [0, 0.05) is 35.5 Å². The van der Waals surface area contributed by atoms with Crippen molar-refractivity contribution in [3.05, 3.63) is 39.8 Å². The molecular weight excluding hydrogens is 457 g/mol. The van der Waals surface area contributed by atoms with E-state index >= 15 is 0 Å². The van der Waals surface area contributed by atoms with Gasteiger partial charge >= 0.3 is 0 Å². The summed E-state index contributed by atoms with van der Waals surface area (Å²) < 4.78 is 2.14. The van der Waals surface area contributed by atoms with Crippen LogP contribution < -0.4 is 10.6 Å². The molecule has 0 spiro atoms. The first-order valence-corrected chi connectivity index (χ1v) is 10.0. The van der Waals surface area contributed by atoms with Crippen LogP contribution in [0.5, 0.6) is 0 Å². The van der Waals surface area contributed by atoms with Crippen molar-refractivity contribution in [1.29, 1.82) is 0 Å². The maximum Gasteiger partial charge on any atom is 0.191 e. The van der Waals surface area contributed by atoms with Crippen LogP contribution in [0.2, 0.25) is 0 Å². The number of halogens is 1. The Bertz CT molecular complexity index is 702. The summed E-state index contributed by atoms with van der Waals surface area (Å²) in [5.41, 5.74) is 1.07. The number of nitrogens with one attached hydrogen (secondary N) is 2. The van der Waals surface area contributed by atoms with Crippen LogP contribution in [0.25, 0.3) is 0 Å². The van der Waals surface area contributed by atoms with Crippen molar-refractivity contribution < 1.29 is 0 Å². The predicted molar refractivity (Wildman–Crippen MR) is 121 cm³/mol. The molecule has 3 rings (SSSR count). The predicted octanol–water partition coefficient (Wildman–Crippen LogP) is 4.28. The zero-order valence-electron chi connectivity index (χ0n) is 15.9. The summed E-state index contributed by atoms with van der Waals surface area (Å²) in [6.07, 6.45) is 8.31. The Balaban J connectivity index is 0.00000243. The molecule has 5 nitrogen and oxygen atoms in total. The molecule has 2 aromatic rings. The van der Waals surface area contributed by atoms with Gasteiger partial charge in [-0.2, -0.15) is 5.10 Å². The van der Waals surface area contributed by atoms with Gasteiger partial charge in [0.05, 0.1) is 18.3 Å². The highest BCUT2D eigenvalue weighted by Gasteiger charge is 2.17. The smallest absolute Gasteiger partial charge is 0.191 e. The van der Waals surface area contributed by atoms with Crippen molar-refractivity contribution in [2.75, 3.05) is 7.05 Å². The van der Waals surface area contributed by atoms with Crippen LogP contribution in [-0.4, -0.2) is 28.8 Å². The highest BCUT2D eigenvalue weighted by molar-refractivity contribution is 14.0. The van der Waals surface area contributed by atoms with Crippen LogP contribution in [-0.2, 0) is 13.0 Å². The standard InChI is InChI=1S/C19H29N5S.HI/c1-14(12-18-9-8-15(2)25-18)22-19(20-3)21-13-16-10-11-24(23-16)17-6-4-5-7-17;/h8-11,14,17H,4-7,12-13H2,1-3H3,(H2,20,21,22);1H. The van der Waals surface area contributed by atoms with Gasteiger partial charge in [0.15, 0.2) is 5.96 Å². The summed E-state index contributed by atoms with van der Waals surface area (Å²) in [6, 6.07) is 7.43. The summed E-state index contributed by atoms with van der Waals surface area (Å²) in [5, 5.41) is 11.6. The van der Waals surface area contributed by atoms with Gasteiger partial charge in [0.2, 0.25) is 0 Å². The van der Waals surface area contributed by atoms with Crippen LogP contribution in [0.3, 0.4) is 0 Å². The SMILES string of the molecule is CN=C(NCc1ccn(C2CCCC2)n1)NC(C)Cc1ccc(C)s1.I. The Morgan fingerprint density at radius 3 is 2.77 bits per heavy atom. The van der Waals surface area contributed by atoms with E-state index in [9.17, 15) is 0 Å². The lowest BCUT2D eigenvalue weighted by atomic mass is 10.2. The first-order valence-electron chi connectivity index (χ1n) is 9.20. The summed E-state index contributed by atoms with van der Waals surface area (Å²) >= 11 is 1.86. The number of thiophene rings is 1. The fourth-order valence-corrected chi connectivity index (χ4v) is 4.41. The quantitative estimate of drug-likeness (QED) is 0.363. The number of rotatable bonds is 6. The number of guanidine groups is 1. The molecule has 26 heavy (non-hydrogen) atoms. The summed E-state index contributed by atoms with van der Waals surface area (Å²) in [7, 11) is 1.81. The normalized spacial score (nSPS) is 16.3. The Hall–Kier alpha value is -1.09. The number of aliphatic imine (C=N–C) groups is 1. The molecule has 1 atom stereocenters. The monoisotopic (exact) mass is 487 g/mol. The van der Waals surface area contributed by atoms with Gasteiger partial charge in [-0.1, -0.05) is 12.8 Å². The Morgan fingerprint density at radius 1 is 1.35 bits per heavy atom. The van der Waals surface area contributed by atoms with Crippen LogP contribution >= 0.6 is 35.3 Å². The third kappa shape index (κ3) is 5.97. The number of aromatic nitrogens is 2. The molecule has 1 aliphatic carbocycles. The van der Waals surface area contributed by atoms with Gasteiger partial charge < -0.3 is 10.6 Å². The maximum absolute atomic E-state index is 4.72. The van der Waals surface area contributed by atoms with E-state index in [2.05, 4.69) is 58.6 Å². The zero-order valence-corrected chi connectivity index (χ0v) is 19.0. The molecule has 0 radical (unpaired) electrons. The topological polar surface area (TPSA) is 54.2 Å². The lowest BCUT2D eigenvalue weighted by molar-refractivity contribution is 0.462. The Labute approximate surface area is 177 Å². The van der Waals surface area contributed by atoms with Gasteiger partial charge in [-0.15, -0.1) is 35.3 Å². The van der Waals surface area contributed by atoms with Crippen molar-refractivity contribution >= 4 is 41.3 Å². The summed E-state index contributed by atoms with van der Waals surface area (Å²) in [4.78, 5) is 7.11. The van der Waals surface area contributed by atoms with Gasteiger partial charge in [-0.3, -0.25) is 9.67 Å². The van der Waals surface area contributed by atoms with Crippen molar-refractivity contribution in [3.8, 4) is 0 Å². The molecule has 0 amide bonds. The van der Waals surface area contributed by atoms with Crippen LogP contribution in [0.15, 0.2) is 29.4 Å². The van der Waals surface area contributed by atoms with Crippen LogP contribution in [0.1, 0.15) is 54.1 Å². The second kappa shape index (κ2) is 10.3. The molecule has 0 aliphatic heterocycles. The van der Waals surface area contributed by atoms with E-state index in [0.29, 0.717) is 18.6 Å². The number of hydrogen-bond acceptors (Lipinski definition) is 3. The first kappa shape index (κ1) is 21.2. The third-order valence-electron chi connectivity index (χ3n) is 4.71. The number of nitrogens with zero attached hydrogens (tertiary/aromatic N) is 3. The molecule has 1 aliphatic rings. The largest absolute Gasteiger partial charge is 0.354 e. The molecule has 7 heteroatoms. The summed E-state index contributed by atoms with van der Waals surface area (Å²) in [5.74, 6) is 0.830. The highest BCUT2D eigenvalue weighted by Crippen LogP contribution is 2.28. The lowest BCUT2D eigenvalue weighted by Gasteiger charge is -2.17. The molecule has 2 aromatic heterocycles. The maximum atomic E-state index is 4.72. The molecule has 144 valence electrons. The fourth-order valence-electron chi connectivity index (χ4n) is 3.39. The second-order valence-electron chi connectivity index (χ2n) is 6.91. The van der Waals surface area contributed by atoms with Gasteiger partial charge in [-0.25, -0.2) is 0 Å². The lowest BCUT2D eigenvalue weighted by Crippen LogP contribution is -2.42. The highest BCUT2D eigenvalue weighted by atomic mass is 127. The minimum absolute atomic E-state index is 0. The molecule has 1 unspecified atom stereocenters. The molecule has 0 saturated heterocycles. The molecule has 1 saturated carbocycles. The molecule has 0 aromatic carbocycles. The van der Waals surface area contributed by atoms with E-state index in [-0.39, 0.29) is 24.0 Å². The average Bonchev–Trinajstić information content (AvgIpc) is 3.33. The van der Waals surface area contributed by atoms with E-state index in [1.807, 2.05) is 18.4 Å². The van der Waals surface area contributed by atoms with Crippen LogP contribution in [0.4, 0.5) is 0 Å². The van der Waals surface area contributed by atoms with E-state index in [1.165, 1.54) is 35.4 Å². The average molecular weight is 487 g/mol. The summed E-state index contributed by atoms with van der Waals surface area (Å²) in [6.45, 7) is 5.04. The molecule has 0 bridgehead atoms. The first-order chi connectivity index (χ1) is 12.1. The van der Waals surface area contributed by atoms with Gasteiger partial charge in [0.1, 0.15) is 0 Å². The minimum atomic E-state index is 0. The van der Waals surface area contributed by atoms with E-state index in [0.717, 1.165) is 18.1 Å². The Morgan fingerprint density at radius 2 is 2.12 bits per heavy atom. The van der Waals surface area contributed by atoms with Crippen molar-refractivity contribution in [1.82, 2.24) is 20.4 Å². The molecule has 2 heterocycles. The third-order valence-corrected chi connectivity index (χ3v) is 5.73. The number of aryl methyl sites for hydroxylation is 1. The number of hydrogen-bond donors (Lipinski definition) is 2. The van der Waals surface area contributed by atoms with E-state index in [4.69, 9.17) is 5.10 Å². The van der Waals surface area contributed by atoms with Crippen molar-refractivity contribution in [2.45, 2.75) is 64.6 Å². The zero-order chi connectivity index (χ0) is 17.6. The molecule has 2 N–H and O–H groups in total. The van der Waals surface area contributed by atoms with E-state index in [1.54, 1.807) is 0 Å². The Kier molecular flexibility index (Phi) is 8.40. The molecule has 1 fully saturated rings. The van der Waals surface area contributed by atoms with Crippen molar-refractivity contribution in [2.24, 2.45) is 4.99 Å². The van der Waals surface area contributed by atoms with Gasteiger partial charge in [-0.05, 0) is 44.9 Å². The molecular formula is C19H30IN5S. The van der Waals surface area contributed by atoms with Crippen molar-refractivity contribution in [3.63, 3.8) is 0 Å².